The maximum Gasteiger partial charge on any atom is 0.573 e. The van der Waals surface area contributed by atoms with Crippen LogP contribution in [0.2, 0.25) is 0 Å². The predicted octanol–water partition coefficient (Wildman–Crippen LogP) is 3.10. The van der Waals surface area contributed by atoms with E-state index in [9.17, 15) is 18.0 Å². The van der Waals surface area contributed by atoms with Crippen LogP contribution in [0.3, 0.4) is 0 Å². The molecule has 0 aliphatic rings. The number of halogens is 3. The van der Waals surface area contributed by atoms with Crippen molar-refractivity contribution in [2.75, 3.05) is 0 Å². The number of alkyl halides is 3. The highest BCUT2D eigenvalue weighted by atomic mass is 19.4. The molecule has 0 saturated carbocycles. The maximum atomic E-state index is 11.9. The van der Waals surface area contributed by atoms with Gasteiger partial charge in [-0.15, -0.1) is 13.2 Å². The van der Waals surface area contributed by atoms with Crippen molar-refractivity contribution in [3.05, 3.63) is 29.3 Å². The van der Waals surface area contributed by atoms with Gasteiger partial charge in [0.1, 0.15) is 5.75 Å². The van der Waals surface area contributed by atoms with E-state index in [0.29, 0.717) is 0 Å². The lowest BCUT2D eigenvalue weighted by atomic mass is 10.1. The van der Waals surface area contributed by atoms with Gasteiger partial charge in [0, 0.05) is 11.1 Å². The van der Waals surface area contributed by atoms with Crippen molar-refractivity contribution in [3.8, 4) is 5.75 Å². The first kappa shape index (κ1) is 11.6. The molecule has 0 N–H and O–H groups in total. The molecule has 0 amide bonds. The summed E-state index contributed by atoms with van der Waals surface area (Å²) >= 11 is 0. The van der Waals surface area contributed by atoms with Gasteiger partial charge in [-0.2, -0.15) is 0 Å². The van der Waals surface area contributed by atoms with Crippen molar-refractivity contribution in [1.82, 2.24) is 0 Å². The third-order valence-corrected chi connectivity index (χ3v) is 1.89. The van der Waals surface area contributed by atoms with Crippen LogP contribution in [0.15, 0.2) is 18.2 Å². The number of ketones is 1. The lowest BCUT2D eigenvalue weighted by Crippen LogP contribution is -2.18. The second-order valence-electron chi connectivity index (χ2n) is 3.03. The smallest absolute Gasteiger partial charge is 0.405 e. The average molecular weight is 218 g/mol. The highest BCUT2D eigenvalue weighted by Crippen LogP contribution is 2.27. The summed E-state index contributed by atoms with van der Waals surface area (Å²) in [7, 11) is 0. The Balaban J connectivity index is 3.10. The van der Waals surface area contributed by atoms with Crippen molar-refractivity contribution in [2.45, 2.75) is 20.2 Å². The summed E-state index contributed by atoms with van der Waals surface area (Å²) in [6.07, 6.45) is -4.74. The fourth-order valence-corrected chi connectivity index (χ4v) is 1.23. The number of carbonyl (C=O) groups excluding carboxylic acids is 1. The molecule has 82 valence electrons. The van der Waals surface area contributed by atoms with E-state index in [2.05, 4.69) is 4.74 Å². The molecule has 0 atom stereocenters. The molecule has 2 nitrogen and oxygen atoms in total. The average Bonchev–Trinajstić information content (AvgIpc) is 2.05. The Morgan fingerprint density at radius 3 is 2.40 bits per heavy atom. The molecule has 0 aliphatic carbocycles. The van der Waals surface area contributed by atoms with Crippen LogP contribution >= 0.6 is 0 Å². The number of Topliss-reactive ketones (excluding diaryl/α,β-unsaturated/α-hetero) is 1. The fraction of sp³-hybridized carbons (Fsp3) is 0.300. The largest absolute Gasteiger partial charge is 0.573 e. The molecule has 0 aromatic heterocycles. The quantitative estimate of drug-likeness (QED) is 0.713. The number of rotatable bonds is 2. The molecule has 0 unspecified atom stereocenters. The van der Waals surface area contributed by atoms with Crippen LogP contribution in [-0.2, 0) is 0 Å². The number of ether oxygens (including phenoxy) is 1. The minimum Gasteiger partial charge on any atom is -0.405 e. The van der Waals surface area contributed by atoms with Crippen molar-refractivity contribution >= 4 is 5.78 Å². The molecule has 0 saturated heterocycles. The van der Waals surface area contributed by atoms with Crippen LogP contribution in [0, 0.1) is 6.92 Å². The summed E-state index contributed by atoms with van der Waals surface area (Å²) in [5, 5.41) is 0. The van der Waals surface area contributed by atoms with Crippen LogP contribution in [0.5, 0.6) is 5.75 Å². The molecular weight excluding hydrogens is 209 g/mol. The van der Waals surface area contributed by atoms with Crippen LogP contribution < -0.4 is 4.74 Å². The van der Waals surface area contributed by atoms with Gasteiger partial charge < -0.3 is 4.74 Å². The van der Waals surface area contributed by atoms with Gasteiger partial charge in [0.2, 0.25) is 0 Å². The molecule has 0 fully saturated rings. The minimum atomic E-state index is -4.74. The molecule has 0 radical (unpaired) electrons. The fourth-order valence-electron chi connectivity index (χ4n) is 1.23. The van der Waals surface area contributed by atoms with Crippen molar-refractivity contribution in [1.29, 1.82) is 0 Å². The zero-order valence-electron chi connectivity index (χ0n) is 8.18. The molecule has 5 heteroatoms. The van der Waals surface area contributed by atoms with E-state index in [1.54, 1.807) is 0 Å². The third-order valence-electron chi connectivity index (χ3n) is 1.89. The highest BCUT2D eigenvalue weighted by Gasteiger charge is 2.32. The van der Waals surface area contributed by atoms with Crippen molar-refractivity contribution < 1.29 is 22.7 Å². The Labute approximate surface area is 84.7 Å². The van der Waals surface area contributed by atoms with E-state index in [1.165, 1.54) is 32.0 Å². The molecule has 15 heavy (non-hydrogen) atoms. The molecule has 1 aromatic rings. The molecule has 1 rings (SSSR count). The van der Waals surface area contributed by atoms with E-state index >= 15 is 0 Å². The third kappa shape index (κ3) is 2.97. The zero-order chi connectivity index (χ0) is 11.6. The van der Waals surface area contributed by atoms with Gasteiger partial charge in [-0.3, -0.25) is 4.79 Å². The standard InChI is InChI=1S/C10H9F3O2/c1-6-8(7(2)14)4-3-5-9(6)15-10(11,12)13/h3-5H,1-2H3. The predicted molar refractivity (Wildman–Crippen MR) is 47.9 cm³/mol. The SMILES string of the molecule is CC(=O)c1cccc(OC(F)(F)F)c1C. The van der Waals surface area contributed by atoms with Crippen LogP contribution in [0.1, 0.15) is 22.8 Å². The maximum absolute atomic E-state index is 11.9. The summed E-state index contributed by atoms with van der Waals surface area (Å²) in [6.45, 7) is 2.71. The minimum absolute atomic E-state index is 0.197. The normalized spacial score (nSPS) is 11.3. The number of carbonyl (C=O) groups is 1. The Kier molecular flexibility index (Phi) is 3.02. The molecule has 0 aliphatic heterocycles. The first-order valence-corrected chi connectivity index (χ1v) is 4.17. The van der Waals surface area contributed by atoms with E-state index in [1.807, 2.05) is 0 Å². The topological polar surface area (TPSA) is 26.3 Å². The van der Waals surface area contributed by atoms with Crippen molar-refractivity contribution in [2.24, 2.45) is 0 Å². The molecular formula is C10H9F3O2. The Morgan fingerprint density at radius 1 is 1.33 bits per heavy atom. The lowest BCUT2D eigenvalue weighted by molar-refractivity contribution is -0.274. The second-order valence-corrected chi connectivity index (χ2v) is 3.03. The second kappa shape index (κ2) is 3.92. The lowest BCUT2D eigenvalue weighted by Gasteiger charge is -2.12. The van der Waals surface area contributed by atoms with Gasteiger partial charge in [-0.05, 0) is 19.9 Å². The summed E-state index contributed by atoms with van der Waals surface area (Å²) in [5.41, 5.74) is 0.430. The Morgan fingerprint density at radius 2 is 1.93 bits per heavy atom. The molecule has 0 bridgehead atoms. The number of hydrogen-bond donors (Lipinski definition) is 0. The number of benzene rings is 1. The van der Waals surface area contributed by atoms with E-state index < -0.39 is 6.36 Å². The highest BCUT2D eigenvalue weighted by molar-refractivity contribution is 5.96. The summed E-state index contributed by atoms with van der Waals surface area (Å²) in [5.74, 6) is -0.629. The van der Waals surface area contributed by atoms with Gasteiger partial charge in [-0.1, -0.05) is 12.1 Å². The summed E-state index contributed by atoms with van der Waals surface area (Å²) in [4.78, 5) is 11.0. The van der Waals surface area contributed by atoms with E-state index in [0.717, 1.165) is 0 Å². The van der Waals surface area contributed by atoms with Gasteiger partial charge in [0.15, 0.2) is 5.78 Å². The van der Waals surface area contributed by atoms with Gasteiger partial charge in [0.05, 0.1) is 0 Å². The van der Waals surface area contributed by atoms with Gasteiger partial charge in [0.25, 0.3) is 0 Å². The van der Waals surface area contributed by atoms with Crippen LogP contribution in [0.4, 0.5) is 13.2 Å². The number of hydrogen-bond acceptors (Lipinski definition) is 2. The van der Waals surface area contributed by atoms with Crippen LogP contribution in [0.25, 0.3) is 0 Å². The van der Waals surface area contributed by atoms with Crippen LogP contribution in [-0.4, -0.2) is 12.1 Å². The van der Waals surface area contributed by atoms with E-state index in [4.69, 9.17) is 0 Å². The van der Waals surface area contributed by atoms with E-state index in [-0.39, 0.29) is 22.7 Å². The van der Waals surface area contributed by atoms with Gasteiger partial charge >= 0.3 is 6.36 Å². The Bertz CT molecular complexity index is 383. The summed E-state index contributed by atoms with van der Waals surface area (Å²) < 4.78 is 39.6. The van der Waals surface area contributed by atoms with Gasteiger partial charge in [-0.25, -0.2) is 0 Å². The first-order chi connectivity index (χ1) is 6.81. The van der Waals surface area contributed by atoms with Crippen molar-refractivity contribution in [3.63, 3.8) is 0 Å². The molecule has 0 heterocycles. The monoisotopic (exact) mass is 218 g/mol. The Hall–Kier alpha value is -1.52. The molecule has 0 spiro atoms. The summed E-state index contributed by atoms with van der Waals surface area (Å²) in [6, 6.07) is 3.99. The zero-order valence-corrected chi connectivity index (χ0v) is 8.18. The first-order valence-electron chi connectivity index (χ1n) is 4.17. The molecule has 1 aromatic carbocycles.